The van der Waals surface area contributed by atoms with Gasteiger partial charge in [-0.25, -0.2) is 0 Å². The molecule has 18 heavy (non-hydrogen) atoms. The summed E-state index contributed by atoms with van der Waals surface area (Å²) in [6.07, 6.45) is 0.927. The van der Waals surface area contributed by atoms with Gasteiger partial charge < -0.3 is 15.8 Å². The van der Waals surface area contributed by atoms with Gasteiger partial charge >= 0.3 is 0 Å². The highest BCUT2D eigenvalue weighted by Gasteiger charge is 2.12. The molecule has 0 saturated heterocycles. The lowest BCUT2D eigenvalue weighted by Crippen LogP contribution is -2.18. The zero-order valence-corrected chi connectivity index (χ0v) is 11.5. The summed E-state index contributed by atoms with van der Waals surface area (Å²) in [6, 6.07) is 5.05. The van der Waals surface area contributed by atoms with Crippen molar-refractivity contribution in [1.82, 2.24) is 5.32 Å². The Morgan fingerprint density at radius 3 is 2.61 bits per heavy atom. The summed E-state index contributed by atoms with van der Waals surface area (Å²) in [4.78, 5) is 11.5. The summed E-state index contributed by atoms with van der Waals surface area (Å²) >= 11 is 0. The maximum atomic E-state index is 11.5. The third-order valence-electron chi connectivity index (χ3n) is 2.61. The van der Waals surface area contributed by atoms with Crippen molar-refractivity contribution < 1.29 is 9.53 Å². The molecule has 4 heteroatoms. The Morgan fingerprint density at radius 1 is 1.39 bits per heavy atom. The van der Waals surface area contributed by atoms with Crippen molar-refractivity contribution >= 4 is 11.6 Å². The van der Waals surface area contributed by atoms with Crippen LogP contribution in [0.4, 0.5) is 5.69 Å². The Kier molecular flexibility index (Phi) is 4.59. The van der Waals surface area contributed by atoms with Crippen molar-refractivity contribution in [3.8, 4) is 5.75 Å². The second-order valence-electron chi connectivity index (χ2n) is 5.49. The number of rotatable bonds is 4. The van der Waals surface area contributed by atoms with E-state index in [1.807, 2.05) is 0 Å². The van der Waals surface area contributed by atoms with Gasteiger partial charge in [-0.15, -0.1) is 0 Å². The minimum Gasteiger partial charge on any atom is -0.491 e. The second kappa shape index (κ2) is 5.76. The average Bonchev–Trinajstić information content (AvgIpc) is 2.29. The number of hydrogen-bond donors (Lipinski definition) is 2. The van der Waals surface area contributed by atoms with E-state index in [-0.39, 0.29) is 11.3 Å². The number of anilines is 1. The van der Waals surface area contributed by atoms with Gasteiger partial charge in [0.05, 0.1) is 12.3 Å². The van der Waals surface area contributed by atoms with E-state index < -0.39 is 0 Å². The van der Waals surface area contributed by atoms with E-state index in [9.17, 15) is 4.79 Å². The standard InChI is InChI=1S/C14H22N2O2/c1-14(2,3)7-8-18-12-9-10(13(17)16-4)5-6-11(12)15/h5-6,9H,7-8,15H2,1-4H3,(H,16,17). The molecular weight excluding hydrogens is 228 g/mol. The van der Waals surface area contributed by atoms with Crippen LogP contribution in [-0.4, -0.2) is 19.6 Å². The third kappa shape index (κ3) is 4.28. The Morgan fingerprint density at radius 2 is 2.06 bits per heavy atom. The number of carbonyl (C=O) groups excluding carboxylic acids is 1. The molecule has 4 nitrogen and oxygen atoms in total. The van der Waals surface area contributed by atoms with Crippen LogP contribution in [0.15, 0.2) is 18.2 Å². The Bertz CT molecular complexity index is 422. The van der Waals surface area contributed by atoms with Crippen molar-refractivity contribution in [2.75, 3.05) is 19.4 Å². The normalized spacial score (nSPS) is 11.1. The lowest BCUT2D eigenvalue weighted by atomic mass is 9.93. The van der Waals surface area contributed by atoms with Crippen LogP contribution >= 0.6 is 0 Å². The molecule has 0 radical (unpaired) electrons. The number of ether oxygens (including phenoxy) is 1. The summed E-state index contributed by atoms with van der Waals surface area (Å²) in [5.74, 6) is 0.427. The van der Waals surface area contributed by atoms with Gasteiger partial charge in [-0.1, -0.05) is 20.8 Å². The van der Waals surface area contributed by atoms with Gasteiger partial charge in [0.15, 0.2) is 0 Å². The summed E-state index contributed by atoms with van der Waals surface area (Å²) in [7, 11) is 1.60. The van der Waals surface area contributed by atoms with Crippen molar-refractivity contribution in [1.29, 1.82) is 0 Å². The Hall–Kier alpha value is -1.71. The SMILES string of the molecule is CNC(=O)c1ccc(N)c(OCCC(C)(C)C)c1. The molecule has 0 aromatic heterocycles. The van der Waals surface area contributed by atoms with Gasteiger partial charge in [0.2, 0.25) is 0 Å². The van der Waals surface area contributed by atoms with Gasteiger partial charge in [-0.3, -0.25) is 4.79 Å². The maximum absolute atomic E-state index is 11.5. The van der Waals surface area contributed by atoms with Crippen molar-refractivity contribution in [2.24, 2.45) is 5.41 Å². The molecule has 0 aliphatic heterocycles. The molecular formula is C14H22N2O2. The molecule has 0 bridgehead atoms. The van der Waals surface area contributed by atoms with Crippen molar-refractivity contribution in [2.45, 2.75) is 27.2 Å². The molecule has 0 atom stereocenters. The number of nitrogen functional groups attached to an aromatic ring is 1. The highest BCUT2D eigenvalue weighted by Crippen LogP contribution is 2.25. The maximum Gasteiger partial charge on any atom is 0.251 e. The zero-order valence-electron chi connectivity index (χ0n) is 11.5. The lowest BCUT2D eigenvalue weighted by molar-refractivity contribution is 0.0962. The molecule has 1 amide bonds. The number of nitrogens with one attached hydrogen (secondary N) is 1. The van der Waals surface area contributed by atoms with Crippen LogP contribution in [0.3, 0.4) is 0 Å². The quantitative estimate of drug-likeness (QED) is 0.807. The van der Waals surface area contributed by atoms with Gasteiger partial charge in [0.1, 0.15) is 5.75 Å². The number of amides is 1. The lowest BCUT2D eigenvalue weighted by Gasteiger charge is -2.18. The zero-order chi connectivity index (χ0) is 13.8. The summed E-state index contributed by atoms with van der Waals surface area (Å²) in [6.45, 7) is 7.05. The van der Waals surface area contributed by atoms with E-state index in [1.54, 1.807) is 25.2 Å². The minimum absolute atomic E-state index is 0.143. The molecule has 0 aliphatic carbocycles. The smallest absolute Gasteiger partial charge is 0.251 e. The Labute approximate surface area is 109 Å². The number of carbonyl (C=O) groups is 1. The molecule has 0 fully saturated rings. The fourth-order valence-corrected chi connectivity index (χ4v) is 1.41. The first kappa shape index (κ1) is 14.4. The van der Waals surface area contributed by atoms with E-state index in [2.05, 4.69) is 26.1 Å². The topological polar surface area (TPSA) is 64.4 Å². The van der Waals surface area contributed by atoms with Crippen LogP contribution in [0.25, 0.3) is 0 Å². The molecule has 100 valence electrons. The number of nitrogens with two attached hydrogens (primary N) is 1. The molecule has 0 spiro atoms. The molecule has 0 aliphatic rings. The number of benzene rings is 1. The van der Waals surface area contributed by atoms with Crippen LogP contribution in [0, 0.1) is 5.41 Å². The fraction of sp³-hybridized carbons (Fsp3) is 0.500. The molecule has 1 aromatic carbocycles. The molecule has 0 heterocycles. The summed E-state index contributed by atoms with van der Waals surface area (Å²) < 4.78 is 5.64. The molecule has 1 rings (SSSR count). The first-order valence-corrected chi connectivity index (χ1v) is 6.08. The van der Waals surface area contributed by atoms with E-state index >= 15 is 0 Å². The Balaban J connectivity index is 2.73. The monoisotopic (exact) mass is 250 g/mol. The first-order chi connectivity index (χ1) is 8.33. The van der Waals surface area contributed by atoms with Crippen LogP contribution in [-0.2, 0) is 0 Å². The fourth-order valence-electron chi connectivity index (χ4n) is 1.41. The van der Waals surface area contributed by atoms with Crippen LogP contribution in [0.1, 0.15) is 37.6 Å². The molecule has 1 aromatic rings. The predicted octanol–water partition coefficient (Wildman–Crippen LogP) is 2.44. The van der Waals surface area contributed by atoms with E-state index in [1.165, 1.54) is 0 Å². The van der Waals surface area contributed by atoms with E-state index in [0.29, 0.717) is 23.6 Å². The highest BCUT2D eigenvalue weighted by atomic mass is 16.5. The summed E-state index contributed by atoms with van der Waals surface area (Å²) in [5, 5.41) is 2.57. The number of hydrogen-bond acceptors (Lipinski definition) is 3. The third-order valence-corrected chi connectivity index (χ3v) is 2.61. The van der Waals surface area contributed by atoms with Crippen molar-refractivity contribution in [3.05, 3.63) is 23.8 Å². The minimum atomic E-state index is -0.143. The van der Waals surface area contributed by atoms with E-state index in [4.69, 9.17) is 10.5 Å². The van der Waals surface area contributed by atoms with E-state index in [0.717, 1.165) is 6.42 Å². The van der Waals surface area contributed by atoms with Gasteiger partial charge in [-0.2, -0.15) is 0 Å². The van der Waals surface area contributed by atoms with Crippen LogP contribution < -0.4 is 15.8 Å². The average molecular weight is 250 g/mol. The van der Waals surface area contributed by atoms with Crippen LogP contribution in [0.5, 0.6) is 5.75 Å². The van der Waals surface area contributed by atoms with Gasteiger partial charge in [-0.05, 0) is 30.0 Å². The predicted molar refractivity (Wildman–Crippen MR) is 73.8 cm³/mol. The molecule has 0 unspecified atom stereocenters. The van der Waals surface area contributed by atoms with Gasteiger partial charge in [0, 0.05) is 12.6 Å². The second-order valence-corrected chi connectivity index (χ2v) is 5.49. The van der Waals surface area contributed by atoms with Gasteiger partial charge in [0.25, 0.3) is 5.91 Å². The van der Waals surface area contributed by atoms with Crippen molar-refractivity contribution in [3.63, 3.8) is 0 Å². The molecule has 0 saturated carbocycles. The molecule has 3 N–H and O–H groups in total. The highest BCUT2D eigenvalue weighted by molar-refractivity contribution is 5.95. The largest absolute Gasteiger partial charge is 0.491 e. The van der Waals surface area contributed by atoms with Crippen LogP contribution in [0.2, 0.25) is 0 Å². The summed E-state index contributed by atoms with van der Waals surface area (Å²) in [5.41, 5.74) is 7.15. The first-order valence-electron chi connectivity index (χ1n) is 6.08.